The van der Waals surface area contributed by atoms with Gasteiger partial charge < -0.3 is 29.4 Å². The number of nitrogens with zero attached hydrogens (tertiary/aromatic N) is 9. The van der Waals surface area contributed by atoms with Crippen molar-refractivity contribution in [2.24, 2.45) is 0 Å². The van der Waals surface area contributed by atoms with Crippen LogP contribution in [0.25, 0.3) is 0 Å². The second-order valence-electron chi connectivity index (χ2n) is 29.2. The van der Waals surface area contributed by atoms with Gasteiger partial charge in [-0.3, -0.25) is 14.7 Å². The first-order chi connectivity index (χ1) is 50.3. The van der Waals surface area contributed by atoms with Crippen LogP contribution in [-0.2, 0) is 38.9 Å². The SMILES string of the molecule is C.C.CC.CC.CC.CC.CC.CC.CC.CC.CC.CC(C)N1CC1.CC(C)N1CCC1.CC(C)N1CCCC1.CC(C)N1CCCCC1.CC(C)N1CCCc2ccccc21.CC(C)N1CCc2ccccc21.CC(C)N1CCc2ccccc2C1.CC(C)N1Cc2ccccc2C1.CN(C)C(C)(C)C.[B]. The number of fused-ring (bicyclic) bond motifs is 4. The van der Waals surface area contributed by atoms with Crippen LogP contribution in [0.3, 0.4) is 0 Å². The average molecular weight is 1510 g/mol. The molecular weight excluding hydrogens is 1310 g/mol. The quantitative estimate of drug-likeness (QED) is 0.126. The highest BCUT2D eigenvalue weighted by atomic mass is 15.3. The van der Waals surface area contributed by atoms with Crippen LogP contribution in [0.1, 0.15) is 349 Å². The molecule has 0 aromatic heterocycles. The zero-order valence-electron chi connectivity index (χ0n) is 78.9. The maximum absolute atomic E-state index is 2.56. The molecule has 0 unspecified atom stereocenters. The average Bonchev–Trinajstić information content (AvgIpc) is 1.06. The molecule has 0 N–H and O–H groups in total. The van der Waals surface area contributed by atoms with Crippen LogP contribution in [0.4, 0.5) is 11.4 Å². The fraction of sp³-hybridized carbons (Fsp3) is 0.755. The van der Waals surface area contributed by atoms with Crippen molar-refractivity contribution in [3.05, 3.63) is 130 Å². The fourth-order valence-corrected chi connectivity index (χ4v) is 11.8. The van der Waals surface area contributed by atoms with E-state index >= 15 is 0 Å². The van der Waals surface area contributed by atoms with Crippen molar-refractivity contribution in [1.29, 1.82) is 0 Å². The number of hydrogen-bond donors (Lipinski definition) is 0. The molecule has 637 valence electrons. The summed E-state index contributed by atoms with van der Waals surface area (Å²) in [7, 11) is 4.17. The molecule has 4 fully saturated rings. The molecule has 0 atom stereocenters. The van der Waals surface area contributed by atoms with Crippen molar-refractivity contribution < 1.29 is 0 Å². The Morgan fingerprint density at radius 2 is 0.491 bits per heavy atom. The molecule has 12 rings (SSSR count). The van der Waals surface area contributed by atoms with E-state index in [2.05, 4.69) is 287 Å². The van der Waals surface area contributed by atoms with Gasteiger partial charge >= 0.3 is 0 Å². The monoisotopic (exact) mass is 1510 g/mol. The third kappa shape index (κ3) is 54.9. The van der Waals surface area contributed by atoms with E-state index in [0.29, 0.717) is 29.7 Å². The summed E-state index contributed by atoms with van der Waals surface area (Å²) in [6.45, 7) is 96.4. The van der Waals surface area contributed by atoms with Crippen molar-refractivity contribution in [3.63, 3.8) is 0 Å². The summed E-state index contributed by atoms with van der Waals surface area (Å²) < 4.78 is 0. The number of hydrogen-bond acceptors (Lipinski definition) is 9. The maximum atomic E-state index is 2.56. The summed E-state index contributed by atoms with van der Waals surface area (Å²) >= 11 is 0. The lowest BCUT2D eigenvalue weighted by Gasteiger charge is -2.34. The number of likely N-dealkylation sites (tertiary alicyclic amines) is 3. The number of piperidine rings is 1. The van der Waals surface area contributed by atoms with E-state index in [1.165, 1.54) is 175 Å². The Bertz CT molecular complexity index is 2400. The predicted molar refractivity (Wildman–Crippen MR) is 506 cm³/mol. The lowest BCUT2D eigenvalue weighted by Crippen LogP contribution is -2.41. The standard InChI is InChI=1S/2C12H17N.2C11H15N.C8H17N.C7H15N.C6H13N.C6H15N.C5H11N.9C2H6.2CH4.B/c1-10(2)13-9-5-7-11-6-3-4-8-12(11)13;1-10(2)13-8-7-11-5-3-4-6-12(11)9-13;1-9(2)12-7-10-5-3-4-6-11(10)8-12;1-9(2)12-8-7-10-5-3-4-6-11(10)12;1-8(2)9-6-4-3-5-7-9;1-7(2)8-5-3-4-6-8;1-6(2)7-4-3-5-7;1-6(2,3)7(4)5;1-5(2)6-3-4-6;9*1-2;;;/h3-4,6,8,10H,5,7,9H2,1-2H3;3-6,10H,7-9H2,1-2H3;2*3-6,9H,7-8H2,1-2H3;8H,3-7H2,1-2H3;7H,3-6H2,1-2H3;6H,3-5H2,1-2H3;1-5H3;5H,3-4H2,1-2H3;9*1-2H3;2*1H4;. The molecule has 108 heavy (non-hydrogen) atoms. The minimum Gasteiger partial charge on any atom is -0.369 e. The van der Waals surface area contributed by atoms with Gasteiger partial charge in [0.1, 0.15) is 0 Å². The highest BCUT2D eigenvalue weighted by Gasteiger charge is 2.23. The molecule has 8 aliphatic heterocycles. The Balaban J connectivity index is -0.000000143. The van der Waals surface area contributed by atoms with Crippen molar-refractivity contribution >= 4 is 19.8 Å². The number of aryl methyl sites for hydroxylation is 1. The van der Waals surface area contributed by atoms with Crippen molar-refractivity contribution in [2.45, 2.75) is 409 Å². The number of anilines is 2. The van der Waals surface area contributed by atoms with E-state index in [-0.39, 0.29) is 23.3 Å². The summed E-state index contributed by atoms with van der Waals surface area (Å²) in [5, 5.41) is 0. The number of benzene rings is 4. The topological polar surface area (TPSA) is 28.9 Å². The zero-order chi connectivity index (χ0) is 82.2. The van der Waals surface area contributed by atoms with E-state index in [0.717, 1.165) is 43.8 Å². The van der Waals surface area contributed by atoms with Gasteiger partial charge in [0.15, 0.2) is 0 Å². The van der Waals surface area contributed by atoms with Crippen molar-refractivity contribution in [2.75, 3.05) is 95.9 Å². The fourth-order valence-electron chi connectivity index (χ4n) is 11.8. The highest BCUT2D eigenvalue weighted by molar-refractivity contribution is 5.75. The molecule has 10 heteroatoms. The van der Waals surface area contributed by atoms with Crippen LogP contribution < -0.4 is 9.80 Å². The summed E-state index contributed by atoms with van der Waals surface area (Å²) in [5.41, 5.74) is 12.3. The molecule has 0 aliphatic carbocycles. The molecule has 0 spiro atoms. The highest BCUT2D eigenvalue weighted by Crippen LogP contribution is 2.30. The summed E-state index contributed by atoms with van der Waals surface area (Å²) in [4.78, 5) is 22.2. The van der Waals surface area contributed by atoms with Crippen molar-refractivity contribution in [3.8, 4) is 0 Å². The van der Waals surface area contributed by atoms with Gasteiger partial charge in [-0.2, -0.15) is 0 Å². The number of para-hydroxylation sites is 2. The zero-order valence-corrected chi connectivity index (χ0v) is 78.9. The summed E-state index contributed by atoms with van der Waals surface area (Å²) in [6.07, 6.45) is 13.5. The van der Waals surface area contributed by atoms with Gasteiger partial charge in [-0.15, -0.1) is 0 Å². The van der Waals surface area contributed by atoms with Crippen LogP contribution in [0, 0.1) is 0 Å². The molecule has 8 aliphatic rings. The third-order valence-corrected chi connectivity index (χ3v) is 19.0. The first-order valence-electron chi connectivity index (χ1n) is 44.2. The molecule has 0 bridgehead atoms. The second-order valence-corrected chi connectivity index (χ2v) is 29.2. The molecular formula is C98H197BN9. The lowest BCUT2D eigenvalue weighted by atomic mass is 9.99. The Hall–Kier alpha value is -3.74. The minimum atomic E-state index is 0. The van der Waals surface area contributed by atoms with Gasteiger partial charge in [-0.25, -0.2) is 0 Å². The van der Waals surface area contributed by atoms with Crippen LogP contribution in [0.15, 0.2) is 97.1 Å². The molecule has 0 amide bonds. The summed E-state index contributed by atoms with van der Waals surface area (Å²) in [6, 6.07) is 40.7. The Kier molecular flexibility index (Phi) is 89.1. The minimum absolute atomic E-state index is 0. The van der Waals surface area contributed by atoms with Crippen LogP contribution >= 0.6 is 0 Å². The van der Waals surface area contributed by atoms with Gasteiger partial charge in [0.05, 0.1) is 0 Å². The molecule has 4 aromatic carbocycles. The van der Waals surface area contributed by atoms with E-state index < -0.39 is 0 Å². The predicted octanol–water partition coefficient (Wildman–Crippen LogP) is 26.8. The van der Waals surface area contributed by atoms with Gasteiger partial charge in [0.25, 0.3) is 0 Å². The van der Waals surface area contributed by atoms with E-state index in [9.17, 15) is 0 Å². The first-order valence-corrected chi connectivity index (χ1v) is 44.2. The Labute approximate surface area is 685 Å². The van der Waals surface area contributed by atoms with Crippen molar-refractivity contribution in [1.82, 2.24) is 34.3 Å². The Morgan fingerprint density at radius 3 is 0.759 bits per heavy atom. The van der Waals surface area contributed by atoms with Gasteiger partial charge in [-0.1, -0.05) is 231 Å². The largest absolute Gasteiger partial charge is 0.369 e. The third-order valence-electron chi connectivity index (χ3n) is 19.0. The van der Waals surface area contributed by atoms with E-state index in [1.54, 1.807) is 5.56 Å². The number of rotatable bonds is 8. The molecule has 8 heterocycles. The lowest BCUT2D eigenvalue weighted by molar-refractivity contribution is 0.138. The van der Waals surface area contributed by atoms with Gasteiger partial charge in [0, 0.05) is 126 Å². The molecule has 4 saturated heterocycles. The van der Waals surface area contributed by atoms with E-state index in [4.69, 9.17) is 0 Å². The molecule has 0 saturated carbocycles. The second kappa shape index (κ2) is 78.5. The van der Waals surface area contributed by atoms with Gasteiger partial charge in [0.2, 0.25) is 0 Å². The summed E-state index contributed by atoms with van der Waals surface area (Å²) in [5.74, 6) is 0. The Morgan fingerprint density at radius 1 is 0.250 bits per heavy atom. The smallest absolute Gasteiger partial charge is 0.0401 e. The molecule has 9 nitrogen and oxygen atoms in total. The van der Waals surface area contributed by atoms with Gasteiger partial charge in [-0.05, 0) is 288 Å². The molecule has 4 aromatic rings. The first kappa shape index (κ1) is 123. The van der Waals surface area contributed by atoms with E-state index in [1.807, 2.05) is 125 Å². The van der Waals surface area contributed by atoms with Crippen LogP contribution in [0.5, 0.6) is 0 Å². The maximum Gasteiger partial charge on any atom is 0.0401 e. The normalized spacial score (nSPS) is 15.3. The van der Waals surface area contributed by atoms with Crippen LogP contribution in [-0.4, -0.2) is 183 Å². The van der Waals surface area contributed by atoms with Crippen LogP contribution in [0.2, 0.25) is 0 Å². The molecule has 3 radical (unpaired) electrons.